The van der Waals surface area contributed by atoms with E-state index in [9.17, 15) is 9.00 Å². The summed E-state index contributed by atoms with van der Waals surface area (Å²) in [6.45, 7) is 11.4. The van der Waals surface area contributed by atoms with Crippen LogP contribution in [0, 0.1) is 0 Å². The molecule has 2 aromatic heterocycles. The summed E-state index contributed by atoms with van der Waals surface area (Å²) < 4.78 is 17.6. The Bertz CT molecular complexity index is 1220. The van der Waals surface area contributed by atoms with Gasteiger partial charge in [0.2, 0.25) is 0 Å². The van der Waals surface area contributed by atoms with Gasteiger partial charge in [-0.2, -0.15) is 0 Å². The number of piperazine rings is 1. The van der Waals surface area contributed by atoms with E-state index in [1.165, 1.54) is 11.3 Å². The first kappa shape index (κ1) is 26.2. The lowest BCUT2D eigenvalue weighted by molar-refractivity contribution is 0.0590. The second-order valence-corrected chi connectivity index (χ2v) is 11.1. The zero-order valence-electron chi connectivity index (χ0n) is 20.9. The number of hydrogen-bond donors (Lipinski definition) is 2. The lowest BCUT2D eigenvalue weighted by Gasteiger charge is -2.36. The monoisotopic (exact) mass is 528 g/mol. The van der Waals surface area contributed by atoms with Gasteiger partial charge in [0.1, 0.15) is 22.4 Å². The number of benzene rings is 1. The highest BCUT2D eigenvalue weighted by Crippen LogP contribution is 2.33. The van der Waals surface area contributed by atoms with Crippen molar-refractivity contribution in [3.05, 3.63) is 47.6 Å². The van der Waals surface area contributed by atoms with E-state index in [-0.39, 0.29) is 12.0 Å². The molecule has 1 aliphatic rings. The van der Waals surface area contributed by atoms with Gasteiger partial charge in [-0.25, -0.2) is 14.3 Å². The third-order valence-electron chi connectivity index (χ3n) is 5.90. The molecular formula is C25H32N6O3S2. The van der Waals surface area contributed by atoms with Crippen LogP contribution in [0.1, 0.15) is 38.2 Å². The summed E-state index contributed by atoms with van der Waals surface area (Å²) in [5.74, 6) is 0.579. The van der Waals surface area contributed by atoms with Crippen LogP contribution < -0.4 is 15.2 Å². The maximum absolute atomic E-state index is 12.9. The van der Waals surface area contributed by atoms with E-state index in [2.05, 4.69) is 34.0 Å². The Morgan fingerprint density at radius 1 is 1.14 bits per heavy atom. The average Bonchev–Trinajstić information content (AvgIpc) is 3.33. The number of aromatic nitrogens is 2. The Kier molecular flexibility index (Phi) is 8.35. The topological polar surface area (TPSA) is 114 Å². The molecule has 1 fully saturated rings. The van der Waals surface area contributed by atoms with Crippen molar-refractivity contribution in [2.45, 2.75) is 44.7 Å². The number of nitrogens with two attached hydrogens (primary N) is 1. The molecule has 1 aromatic carbocycles. The molecular weight excluding hydrogens is 496 g/mol. The summed E-state index contributed by atoms with van der Waals surface area (Å²) in [6.07, 6.45) is 1.65. The van der Waals surface area contributed by atoms with Crippen molar-refractivity contribution < 1.29 is 13.7 Å². The second-order valence-electron chi connectivity index (χ2n) is 9.14. The number of carbonyl (C=O) groups excluding carboxylic acids is 1. The second kappa shape index (κ2) is 11.5. The molecule has 1 aliphatic heterocycles. The molecule has 3 heterocycles. The molecule has 0 spiro atoms. The fourth-order valence-electron chi connectivity index (χ4n) is 3.94. The van der Waals surface area contributed by atoms with E-state index in [0.717, 1.165) is 24.3 Å². The molecule has 1 amide bonds. The van der Waals surface area contributed by atoms with Crippen LogP contribution in [0.4, 0.5) is 10.8 Å². The van der Waals surface area contributed by atoms with Gasteiger partial charge in [-0.1, -0.05) is 0 Å². The summed E-state index contributed by atoms with van der Waals surface area (Å²) in [5.41, 5.74) is 2.63. The minimum atomic E-state index is -1.61. The lowest BCUT2D eigenvalue weighted by Crippen LogP contribution is -2.50. The molecule has 1 saturated heterocycles. The van der Waals surface area contributed by atoms with Crippen LogP contribution in [0.5, 0.6) is 5.75 Å². The van der Waals surface area contributed by atoms with Crippen LogP contribution in [-0.2, 0) is 11.0 Å². The van der Waals surface area contributed by atoms with Crippen LogP contribution in [0.25, 0.3) is 11.3 Å². The molecule has 36 heavy (non-hydrogen) atoms. The van der Waals surface area contributed by atoms with Gasteiger partial charge < -0.3 is 15.0 Å². The van der Waals surface area contributed by atoms with Crippen molar-refractivity contribution in [2.24, 2.45) is 5.14 Å². The van der Waals surface area contributed by atoms with Crippen molar-refractivity contribution in [1.82, 2.24) is 19.8 Å². The highest BCUT2D eigenvalue weighted by molar-refractivity contribution is 7.82. The Morgan fingerprint density at radius 2 is 1.89 bits per heavy atom. The van der Waals surface area contributed by atoms with Crippen LogP contribution in [0.2, 0.25) is 0 Å². The van der Waals surface area contributed by atoms with Gasteiger partial charge in [-0.15, -0.1) is 11.3 Å². The third kappa shape index (κ3) is 6.28. The van der Waals surface area contributed by atoms with Gasteiger partial charge >= 0.3 is 0 Å². The summed E-state index contributed by atoms with van der Waals surface area (Å²) in [6, 6.07) is 9.25. The van der Waals surface area contributed by atoms with Crippen molar-refractivity contribution in [1.29, 1.82) is 0 Å². The van der Waals surface area contributed by atoms with Gasteiger partial charge in [0, 0.05) is 49.4 Å². The molecule has 0 saturated carbocycles. The Labute approximate surface area is 218 Å². The van der Waals surface area contributed by atoms with E-state index in [1.807, 2.05) is 30.2 Å². The first-order chi connectivity index (χ1) is 17.2. The number of rotatable bonds is 8. The van der Waals surface area contributed by atoms with Crippen LogP contribution in [0.3, 0.4) is 0 Å². The first-order valence-electron chi connectivity index (χ1n) is 11.9. The predicted molar refractivity (Wildman–Crippen MR) is 144 cm³/mol. The number of amides is 1. The van der Waals surface area contributed by atoms with Crippen LogP contribution in [-0.4, -0.2) is 68.2 Å². The van der Waals surface area contributed by atoms with Crippen LogP contribution >= 0.6 is 11.3 Å². The van der Waals surface area contributed by atoms with Gasteiger partial charge in [0.05, 0.1) is 22.4 Å². The van der Waals surface area contributed by atoms with E-state index in [4.69, 9.17) is 9.88 Å². The van der Waals surface area contributed by atoms with Gasteiger partial charge in [0.25, 0.3) is 5.91 Å². The van der Waals surface area contributed by atoms with E-state index in [1.54, 1.807) is 30.5 Å². The number of hydrogen-bond acceptors (Lipinski definition) is 8. The number of ether oxygens (including phenoxy) is 1. The summed E-state index contributed by atoms with van der Waals surface area (Å²) in [7, 11) is -1.61. The van der Waals surface area contributed by atoms with Gasteiger partial charge in [-0.05, 0) is 58.0 Å². The molecule has 9 nitrogen and oxygen atoms in total. The van der Waals surface area contributed by atoms with Crippen molar-refractivity contribution in [3.63, 3.8) is 0 Å². The zero-order chi connectivity index (χ0) is 25.8. The Morgan fingerprint density at radius 3 is 2.50 bits per heavy atom. The minimum Gasteiger partial charge on any atom is -0.489 e. The molecule has 1 unspecified atom stereocenters. The molecule has 0 bridgehead atoms. The van der Waals surface area contributed by atoms with Crippen LogP contribution in [0.15, 0.2) is 46.8 Å². The SMILES string of the molecule is CC(C)Oc1ccc(S(N)=O)cc1Nc1nc(-c2ccc(C(=O)N3CCN(C(C)C)CC3)nc2)cs1. The number of nitrogens with zero attached hydrogens (tertiary/aromatic N) is 4. The molecule has 192 valence electrons. The summed E-state index contributed by atoms with van der Waals surface area (Å²) >= 11 is 1.42. The molecule has 11 heteroatoms. The predicted octanol–water partition coefficient (Wildman–Crippen LogP) is 3.88. The Balaban J connectivity index is 1.45. The third-order valence-corrected chi connectivity index (χ3v) is 7.38. The van der Waals surface area contributed by atoms with E-state index < -0.39 is 11.0 Å². The zero-order valence-corrected chi connectivity index (χ0v) is 22.6. The number of pyridine rings is 1. The van der Waals surface area contributed by atoms with Gasteiger partial charge in [0.15, 0.2) is 5.13 Å². The quantitative estimate of drug-likeness (QED) is 0.456. The number of carbonyl (C=O) groups is 1. The molecule has 0 radical (unpaired) electrons. The molecule has 3 aromatic rings. The maximum atomic E-state index is 12.9. The fourth-order valence-corrected chi connectivity index (χ4v) is 5.11. The van der Waals surface area contributed by atoms with Crippen molar-refractivity contribution in [3.8, 4) is 17.0 Å². The standard InChI is InChI=1S/C25H32N6O3S2/c1-16(2)30-9-11-31(12-10-30)24(32)20-7-5-18(14-27-20)22-15-35-25(29-22)28-21-13-19(36(26)33)6-8-23(21)34-17(3)4/h5-8,13-17H,9-12,26H2,1-4H3,(H,28,29). The minimum absolute atomic E-state index is 0.0296. The summed E-state index contributed by atoms with van der Waals surface area (Å²) in [4.78, 5) is 26.7. The average molecular weight is 529 g/mol. The molecule has 3 N–H and O–H groups in total. The van der Waals surface area contributed by atoms with Gasteiger partial charge in [-0.3, -0.25) is 14.7 Å². The number of anilines is 2. The fraction of sp³-hybridized carbons (Fsp3) is 0.400. The smallest absolute Gasteiger partial charge is 0.272 e. The molecule has 0 aliphatic carbocycles. The highest BCUT2D eigenvalue weighted by atomic mass is 32.2. The van der Waals surface area contributed by atoms with E-state index >= 15 is 0 Å². The summed E-state index contributed by atoms with van der Waals surface area (Å²) in [5, 5.41) is 11.4. The number of nitrogens with one attached hydrogen (secondary N) is 1. The van der Waals surface area contributed by atoms with E-state index in [0.29, 0.717) is 46.3 Å². The normalized spacial score (nSPS) is 15.4. The first-order valence-corrected chi connectivity index (χ1v) is 14.0. The highest BCUT2D eigenvalue weighted by Gasteiger charge is 2.24. The largest absolute Gasteiger partial charge is 0.489 e. The Hall–Kier alpha value is -2.86. The molecule has 1 atom stereocenters. The van der Waals surface area contributed by atoms with Crippen molar-refractivity contribution in [2.75, 3.05) is 31.5 Å². The van der Waals surface area contributed by atoms with Crippen molar-refractivity contribution >= 4 is 39.0 Å². The lowest BCUT2D eigenvalue weighted by atomic mass is 10.2. The maximum Gasteiger partial charge on any atom is 0.272 e. The molecule has 4 rings (SSSR count). The number of thiazole rings is 1.